The van der Waals surface area contributed by atoms with Gasteiger partial charge in [0.05, 0.1) is 0 Å². The highest BCUT2D eigenvalue weighted by Gasteiger charge is 2.46. The summed E-state index contributed by atoms with van der Waals surface area (Å²) in [5.41, 5.74) is 0. The van der Waals surface area contributed by atoms with Crippen molar-refractivity contribution in [3.63, 3.8) is 0 Å². The second kappa shape index (κ2) is 4.53. The number of carbonyl (C=O) groups is 2. The molecule has 2 fully saturated rings. The molecule has 1 N–H and O–H groups in total. The predicted octanol–water partition coefficient (Wildman–Crippen LogP) is 0.933. The molecule has 4 nitrogen and oxygen atoms in total. The van der Waals surface area contributed by atoms with Crippen molar-refractivity contribution < 1.29 is 14.7 Å². The van der Waals surface area contributed by atoms with E-state index in [9.17, 15) is 9.59 Å². The third kappa shape index (κ3) is 1.86. The Morgan fingerprint density at radius 3 is 2.38 bits per heavy atom. The van der Waals surface area contributed by atoms with Crippen LogP contribution in [0.2, 0.25) is 0 Å². The third-order valence-corrected chi connectivity index (χ3v) is 3.83. The van der Waals surface area contributed by atoms with E-state index in [1.807, 2.05) is 6.92 Å². The largest absolute Gasteiger partial charge is 0.396 e. The van der Waals surface area contributed by atoms with Gasteiger partial charge in [-0.2, -0.15) is 0 Å². The van der Waals surface area contributed by atoms with Crippen LogP contribution in [0.1, 0.15) is 39.0 Å². The zero-order valence-electron chi connectivity index (χ0n) is 9.69. The Hall–Kier alpha value is -0.900. The lowest BCUT2D eigenvalue weighted by atomic mass is 9.95. The Morgan fingerprint density at radius 2 is 1.88 bits per heavy atom. The van der Waals surface area contributed by atoms with Crippen LogP contribution in [0.3, 0.4) is 0 Å². The number of hydrogen-bond donors (Lipinski definition) is 1. The van der Waals surface area contributed by atoms with E-state index in [1.165, 1.54) is 4.90 Å². The second-order valence-corrected chi connectivity index (χ2v) is 4.97. The highest BCUT2D eigenvalue weighted by Crippen LogP contribution is 2.39. The van der Waals surface area contributed by atoms with Gasteiger partial charge < -0.3 is 5.11 Å². The Balaban J connectivity index is 2.07. The summed E-state index contributed by atoms with van der Waals surface area (Å²) in [6, 6.07) is -0.0597. The first-order valence-corrected chi connectivity index (χ1v) is 6.13. The van der Waals surface area contributed by atoms with Crippen molar-refractivity contribution in [2.24, 2.45) is 11.8 Å². The van der Waals surface area contributed by atoms with Gasteiger partial charge in [0.25, 0.3) is 0 Å². The maximum Gasteiger partial charge on any atom is 0.232 e. The summed E-state index contributed by atoms with van der Waals surface area (Å²) in [7, 11) is 0. The molecule has 1 heterocycles. The van der Waals surface area contributed by atoms with Crippen LogP contribution in [0.25, 0.3) is 0 Å². The maximum absolute atomic E-state index is 12.0. The van der Waals surface area contributed by atoms with Gasteiger partial charge in [-0.1, -0.05) is 0 Å². The van der Waals surface area contributed by atoms with Gasteiger partial charge in [-0.05, 0) is 39.0 Å². The molecule has 2 aliphatic rings. The molecule has 2 amide bonds. The Bertz CT molecular complexity index is 281. The normalized spacial score (nSPS) is 31.0. The second-order valence-electron chi connectivity index (χ2n) is 4.97. The molecule has 4 heteroatoms. The lowest BCUT2D eigenvalue weighted by Crippen LogP contribution is -2.50. The summed E-state index contributed by atoms with van der Waals surface area (Å²) in [4.78, 5) is 25.5. The molecular weight excluding hydrogens is 206 g/mol. The van der Waals surface area contributed by atoms with E-state index in [1.54, 1.807) is 0 Å². The van der Waals surface area contributed by atoms with Gasteiger partial charge in [0.1, 0.15) is 0 Å². The molecule has 0 aromatic carbocycles. The summed E-state index contributed by atoms with van der Waals surface area (Å²) in [5, 5.41) is 8.77. The van der Waals surface area contributed by atoms with Gasteiger partial charge in [0, 0.05) is 24.5 Å². The van der Waals surface area contributed by atoms with E-state index < -0.39 is 0 Å². The van der Waals surface area contributed by atoms with E-state index in [2.05, 4.69) is 0 Å². The molecule has 3 atom stereocenters. The zero-order valence-corrected chi connectivity index (χ0v) is 9.69. The molecule has 0 aromatic rings. The standard InChI is InChI=1S/C12H19NO3/c1-8(3-2-6-14)13-11(15)9-4-5-10(7-9)12(13)16/h8-10,14H,2-7H2,1H3. The van der Waals surface area contributed by atoms with E-state index in [4.69, 9.17) is 5.11 Å². The minimum atomic E-state index is -0.0597. The van der Waals surface area contributed by atoms with Crippen LogP contribution in [-0.4, -0.2) is 34.5 Å². The molecule has 2 bridgehead atoms. The van der Waals surface area contributed by atoms with Crippen molar-refractivity contribution >= 4 is 11.8 Å². The molecule has 1 aliphatic carbocycles. The first-order chi connectivity index (χ1) is 7.65. The predicted molar refractivity (Wildman–Crippen MR) is 58.5 cm³/mol. The van der Waals surface area contributed by atoms with Gasteiger partial charge in [-0.15, -0.1) is 0 Å². The van der Waals surface area contributed by atoms with Crippen molar-refractivity contribution in [3.05, 3.63) is 0 Å². The van der Waals surface area contributed by atoms with E-state index in [0.29, 0.717) is 12.8 Å². The molecule has 16 heavy (non-hydrogen) atoms. The average molecular weight is 225 g/mol. The summed E-state index contributed by atoms with van der Waals surface area (Å²) < 4.78 is 0. The van der Waals surface area contributed by atoms with Crippen LogP contribution < -0.4 is 0 Å². The fourth-order valence-electron chi connectivity index (χ4n) is 2.88. The maximum atomic E-state index is 12.0. The molecule has 3 unspecified atom stereocenters. The topological polar surface area (TPSA) is 57.6 Å². The van der Waals surface area contributed by atoms with Crippen molar-refractivity contribution in [2.45, 2.75) is 45.1 Å². The highest BCUT2D eigenvalue weighted by atomic mass is 16.3. The summed E-state index contributed by atoms with van der Waals surface area (Å²) in [6.07, 6.45) is 3.86. The Labute approximate surface area is 95.6 Å². The number of aliphatic hydroxyl groups excluding tert-OH is 1. The van der Waals surface area contributed by atoms with Gasteiger partial charge in [-0.25, -0.2) is 0 Å². The van der Waals surface area contributed by atoms with Crippen molar-refractivity contribution in [1.29, 1.82) is 0 Å². The Kier molecular flexibility index (Phi) is 3.28. The van der Waals surface area contributed by atoms with E-state index in [-0.39, 0.29) is 36.3 Å². The minimum Gasteiger partial charge on any atom is -0.396 e. The summed E-state index contributed by atoms with van der Waals surface area (Å²) in [5.74, 6) is 0.201. The van der Waals surface area contributed by atoms with Gasteiger partial charge in [-0.3, -0.25) is 14.5 Å². The Morgan fingerprint density at radius 1 is 1.31 bits per heavy atom. The monoisotopic (exact) mass is 225 g/mol. The first kappa shape index (κ1) is 11.6. The van der Waals surface area contributed by atoms with Crippen molar-refractivity contribution in [1.82, 2.24) is 4.90 Å². The van der Waals surface area contributed by atoms with Crippen LogP contribution in [-0.2, 0) is 9.59 Å². The molecule has 0 aromatic heterocycles. The average Bonchev–Trinajstić information content (AvgIpc) is 2.71. The molecule has 2 rings (SSSR count). The number of piperidine rings is 1. The smallest absolute Gasteiger partial charge is 0.232 e. The summed E-state index contributed by atoms with van der Waals surface area (Å²) >= 11 is 0. The third-order valence-electron chi connectivity index (χ3n) is 3.83. The molecular formula is C12H19NO3. The minimum absolute atomic E-state index is 0.0178. The molecule has 0 radical (unpaired) electrons. The molecule has 0 spiro atoms. The molecule has 1 saturated heterocycles. The number of likely N-dealkylation sites (tertiary alicyclic amines) is 1. The van der Waals surface area contributed by atoms with Crippen LogP contribution in [0, 0.1) is 11.8 Å². The lowest BCUT2D eigenvalue weighted by molar-refractivity contribution is -0.155. The SMILES string of the molecule is CC(CCCO)N1C(=O)C2CCC(C2)C1=O. The number of hydrogen-bond acceptors (Lipinski definition) is 3. The van der Waals surface area contributed by atoms with Crippen LogP contribution in [0.15, 0.2) is 0 Å². The van der Waals surface area contributed by atoms with Crippen LogP contribution in [0.4, 0.5) is 0 Å². The van der Waals surface area contributed by atoms with Crippen LogP contribution in [0.5, 0.6) is 0 Å². The van der Waals surface area contributed by atoms with E-state index in [0.717, 1.165) is 19.3 Å². The van der Waals surface area contributed by atoms with Crippen LogP contribution >= 0.6 is 0 Å². The number of aliphatic hydroxyl groups is 1. The van der Waals surface area contributed by atoms with E-state index >= 15 is 0 Å². The van der Waals surface area contributed by atoms with Crippen molar-refractivity contribution in [3.8, 4) is 0 Å². The summed E-state index contributed by atoms with van der Waals surface area (Å²) in [6.45, 7) is 2.02. The van der Waals surface area contributed by atoms with Gasteiger partial charge in [0.2, 0.25) is 11.8 Å². The number of fused-ring (bicyclic) bond motifs is 2. The molecule has 1 saturated carbocycles. The number of rotatable bonds is 4. The highest BCUT2D eigenvalue weighted by molar-refractivity contribution is 6.01. The fraction of sp³-hybridized carbons (Fsp3) is 0.833. The first-order valence-electron chi connectivity index (χ1n) is 6.13. The molecule has 1 aliphatic heterocycles. The number of carbonyl (C=O) groups excluding carboxylic acids is 2. The fourth-order valence-corrected chi connectivity index (χ4v) is 2.88. The van der Waals surface area contributed by atoms with Gasteiger partial charge in [0.15, 0.2) is 0 Å². The number of nitrogens with zero attached hydrogens (tertiary/aromatic N) is 1. The number of amides is 2. The quantitative estimate of drug-likeness (QED) is 0.724. The zero-order chi connectivity index (χ0) is 11.7. The molecule has 90 valence electrons. The number of imide groups is 1. The van der Waals surface area contributed by atoms with Gasteiger partial charge >= 0.3 is 0 Å². The van der Waals surface area contributed by atoms with Crippen molar-refractivity contribution in [2.75, 3.05) is 6.61 Å². The lowest BCUT2D eigenvalue weighted by Gasteiger charge is -2.34.